The van der Waals surface area contributed by atoms with Gasteiger partial charge in [-0.15, -0.1) is 0 Å². The zero-order valence-corrected chi connectivity index (χ0v) is 4.54. The molecule has 0 aliphatic rings. The van der Waals surface area contributed by atoms with Crippen molar-refractivity contribution in [2.24, 2.45) is 5.73 Å². The molecule has 9 heavy (non-hydrogen) atoms. The molecule has 0 aliphatic carbocycles. The van der Waals surface area contributed by atoms with Gasteiger partial charge in [0.2, 0.25) is 0 Å². The van der Waals surface area contributed by atoms with E-state index in [4.69, 9.17) is 9.79 Å². The molecule has 0 aliphatic heterocycles. The van der Waals surface area contributed by atoms with Gasteiger partial charge in [-0.3, -0.25) is 9.79 Å². The summed E-state index contributed by atoms with van der Waals surface area (Å²) in [5.74, 6) is 0. The van der Waals surface area contributed by atoms with Crippen LogP contribution in [0.1, 0.15) is 0 Å². The van der Waals surface area contributed by atoms with Gasteiger partial charge in [-0.05, 0) is 0 Å². The Balaban J connectivity index is 0. The van der Waals surface area contributed by atoms with E-state index in [0.717, 1.165) is 0 Å². The van der Waals surface area contributed by atoms with E-state index in [-0.39, 0.29) is 51.4 Å². The first-order chi connectivity index (χ1) is 3.42. The minimum atomic E-state index is -4.70. The fraction of sp³-hybridized carbons (Fsp3) is 0. The summed E-state index contributed by atoms with van der Waals surface area (Å²) in [6.07, 6.45) is -1.49. The van der Waals surface area contributed by atoms with E-state index in [1.807, 2.05) is 0 Å². The molecule has 4 N–H and O–H groups in total. The van der Waals surface area contributed by atoms with Gasteiger partial charge in [-0.1, -0.05) is 0 Å². The zero-order valence-electron chi connectivity index (χ0n) is 3.64. The maximum absolute atomic E-state index is 9.61. The second-order valence-electron chi connectivity index (χ2n) is 0.901. The van der Waals surface area contributed by atoms with Gasteiger partial charge in [-0.2, -0.15) is 0 Å². The van der Waals surface area contributed by atoms with E-state index in [1.165, 1.54) is 0 Å². The summed E-state index contributed by atoms with van der Waals surface area (Å²) in [6.45, 7) is 0. The van der Waals surface area contributed by atoms with Crippen LogP contribution >= 0.6 is 7.82 Å². The number of amides is 1. The van der Waals surface area contributed by atoms with Gasteiger partial charge < -0.3 is 10.3 Å². The summed E-state index contributed by atoms with van der Waals surface area (Å²) in [7, 11) is -4.70. The number of carbonyl (C=O) groups is 1. The maximum atomic E-state index is 9.61. The molecule has 0 atom stereocenters. The Kier molecular flexibility index (Phi) is 6.79. The third-order valence-electron chi connectivity index (χ3n) is 0.209. The zero-order chi connectivity index (χ0) is 6.78. The molecule has 0 aromatic carbocycles. The molecule has 1 amide bonds. The Morgan fingerprint density at radius 3 is 1.89 bits per heavy atom. The first-order valence-electron chi connectivity index (χ1n) is 1.46. The van der Waals surface area contributed by atoms with Crippen LogP contribution in [0.2, 0.25) is 0 Å². The van der Waals surface area contributed by atoms with E-state index < -0.39 is 13.9 Å². The van der Waals surface area contributed by atoms with Crippen LogP contribution in [0, 0.1) is 0 Å². The van der Waals surface area contributed by atoms with E-state index >= 15 is 0 Å². The number of phosphoric ester groups is 1. The minimum absolute atomic E-state index is 0. The van der Waals surface area contributed by atoms with Crippen molar-refractivity contribution < 1.29 is 23.7 Å². The number of primary amides is 1. The molecular weight excluding hydrogens is 176 g/mol. The number of phosphoric acid groups is 1. The molecule has 0 unspecified atom stereocenters. The number of carbonyl (C=O) groups excluding carboxylic acids is 1. The molecule has 0 saturated heterocycles. The topological polar surface area (TPSA) is 110 Å². The molecule has 0 aromatic heterocycles. The summed E-state index contributed by atoms with van der Waals surface area (Å²) in [5, 5.41) is 0. The van der Waals surface area contributed by atoms with Crippen molar-refractivity contribution in [2.75, 3.05) is 0 Å². The fourth-order valence-electron chi connectivity index (χ4n) is 0.117. The van der Waals surface area contributed by atoms with Gasteiger partial charge in [-0.25, -0.2) is 9.36 Å². The van der Waals surface area contributed by atoms with Crippen LogP contribution in [0.25, 0.3) is 0 Å². The first kappa shape index (κ1) is 12.7. The Morgan fingerprint density at radius 1 is 1.56 bits per heavy atom. The van der Waals surface area contributed by atoms with E-state index in [1.54, 1.807) is 0 Å². The molecule has 8 heteroatoms. The Morgan fingerprint density at radius 2 is 1.89 bits per heavy atom. The van der Waals surface area contributed by atoms with Crippen LogP contribution < -0.4 is 5.73 Å². The molecule has 0 heterocycles. The summed E-state index contributed by atoms with van der Waals surface area (Å²) in [4.78, 5) is 25.1. The molecular formula is CH5KNO5P. The van der Waals surface area contributed by atoms with Crippen LogP contribution in [0.4, 0.5) is 4.79 Å². The number of rotatable bonds is 1. The number of hydrogen-bond donors (Lipinski definition) is 3. The Labute approximate surface area is 93.4 Å². The van der Waals surface area contributed by atoms with Crippen LogP contribution in [-0.4, -0.2) is 67.3 Å². The van der Waals surface area contributed by atoms with Gasteiger partial charge in [0.15, 0.2) is 0 Å². The first-order valence-corrected chi connectivity index (χ1v) is 2.99. The summed E-state index contributed by atoms with van der Waals surface area (Å²) >= 11 is 0. The van der Waals surface area contributed by atoms with Crippen LogP contribution in [0.5, 0.6) is 0 Å². The van der Waals surface area contributed by atoms with Crippen molar-refractivity contribution in [3.8, 4) is 0 Å². The molecule has 0 radical (unpaired) electrons. The SMILES string of the molecule is NC(=O)OP(=O)(O)O.[KH]. The predicted octanol–water partition coefficient (Wildman–Crippen LogP) is -1.47. The summed E-state index contributed by atoms with van der Waals surface area (Å²) in [5.41, 5.74) is 4.23. The second kappa shape index (κ2) is 4.81. The molecule has 0 bridgehead atoms. The quantitative estimate of drug-likeness (QED) is 0.337. The molecule has 0 saturated carbocycles. The molecule has 0 spiro atoms. The summed E-state index contributed by atoms with van der Waals surface area (Å²) < 4.78 is 12.9. The average molecular weight is 181 g/mol. The predicted molar refractivity (Wildman–Crippen MR) is 29.9 cm³/mol. The van der Waals surface area contributed by atoms with Crippen molar-refractivity contribution >= 4 is 65.3 Å². The monoisotopic (exact) mass is 181 g/mol. The van der Waals surface area contributed by atoms with E-state index in [9.17, 15) is 9.36 Å². The van der Waals surface area contributed by atoms with E-state index in [2.05, 4.69) is 10.3 Å². The third-order valence-corrected chi connectivity index (χ3v) is 0.627. The van der Waals surface area contributed by atoms with Crippen molar-refractivity contribution in [2.45, 2.75) is 0 Å². The molecule has 50 valence electrons. The normalized spacial score (nSPS) is 9.56. The fourth-order valence-corrected chi connectivity index (χ4v) is 0.352. The average Bonchev–Trinajstić information content (AvgIpc) is 1.21. The second-order valence-corrected chi connectivity index (χ2v) is 2.06. The standard InChI is InChI=1S/CH4NO5P.K.H/c2-1(3)7-8(4,5)6;;/h(H2,2,3)(H2,4,5,6);;. The summed E-state index contributed by atoms with van der Waals surface area (Å²) in [6, 6.07) is 0. The molecule has 6 nitrogen and oxygen atoms in total. The van der Waals surface area contributed by atoms with Crippen molar-refractivity contribution in [3.63, 3.8) is 0 Å². The van der Waals surface area contributed by atoms with Gasteiger partial charge in [0.25, 0.3) is 0 Å². The Hall–Kier alpha value is 1.06. The number of nitrogens with two attached hydrogens (primary N) is 1. The van der Waals surface area contributed by atoms with Gasteiger partial charge >= 0.3 is 65.3 Å². The number of hydrogen-bond acceptors (Lipinski definition) is 3. The van der Waals surface area contributed by atoms with Gasteiger partial charge in [0, 0.05) is 0 Å². The van der Waals surface area contributed by atoms with Crippen LogP contribution in [-0.2, 0) is 9.09 Å². The van der Waals surface area contributed by atoms with E-state index in [0.29, 0.717) is 0 Å². The third kappa shape index (κ3) is 12.3. The van der Waals surface area contributed by atoms with Crippen molar-refractivity contribution in [3.05, 3.63) is 0 Å². The molecule has 0 fully saturated rings. The van der Waals surface area contributed by atoms with Crippen LogP contribution in [0.15, 0.2) is 0 Å². The van der Waals surface area contributed by atoms with Crippen molar-refractivity contribution in [1.82, 2.24) is 0 Å². The molecule has 0 rings (SSSR count). The molecule has 0 aromatic rings. The van der Waals surface area contributed by atoms with Gasteiger partial charge in [0.05, 0.1) is 0 Å². The van der Waals surface area contributed by atoms with Crippen molar-refractivity contribution in [1.29, 1.82) is 0 Å². The van der Waals surface area contributed by atoms with Gasteiger partial charge in [0.1, 0.15) is 0 Å². The van der Waals surface area contributed by atoms with Crippen LogP contribution in [0.3, 0.4) is 0 Å². The Bertz CT molecular complexity index is 140.